The molecule has 3 aromatic carbocycles. The molecule has 5 aromatic rings. The van der Waals surface area contributed by atoms with Gasteiger partial charge in [0, 0.05) is 27.9 Å². The molecule has 0 saturated carbocycles. The van der Waals surface area contributed by atoms with Gasteiger partial charge >= 0.3 is 5.97 Å². The maximum atomic E-state index is 13.2. The Morgan fingerprint density at radius 1 is 0.943 bits per heavy atom. The highest BCUT2D eigenvalue weighted by atomic mass is 19.1. The third-order valence-electron chi connectivity index (χ3n) is 5.81. The van der Waals surface area contributed by atoms with Crippen LogP contribution in [0.4, 0.5) is 10.1 Å². The van der Waals surface area contributed by atoms with Gasteiger partial charge in [0.1, 0.15) is 17.8 Å². The number of benzene rings is 3. The van der Waals surface area contributed by atoms with Gasteiger partial charge in [0.25, 0.3) is 5.91 Å². The van der Waals surface area contributed by atoms with Gasteiger partial charge in [0.15, 0.2) is 0 Å². The lowest BCUT2D eigenvalue weighted by Crippen LogP contribution is -2.13. The standard InChI is InChI=1S/C27H19FN4O3/c1-15-20(3-2-4-22(15)32-26(33)17-9-11-19(28)12-10-17)24-21-13-23(31-25(21)30-14-29-24)16-5-7-18(8-6-16)27(34)35/h2-14H,1H3,(H,32,33)(H,34,35)(H,29,30,31). The van der Waals surface area contributed by atoms with E-state index in [1.165, 1.54) is 30.6 Å². The SMILES string of the molecule is Cc1c(NC(=O)c2ccc(F)cc2)cccc1-c1ncnc2[nH]c(-c3ccc(C(=O)O)cc3)cc12. The smallest absolute Gasteiger partial charge is 0.335 e. The van der Waals surface area contributed by atoms with Gasteiger partial charge in [-0.05, 0) is 66.6 Å². The molecule has 0 aliphatic carbocycles. The minimum Gasteiger partial charge on any atom is -0.478 e. The summed E-state index contributed by atoms with van der Waals surface area (Å²) in [4.78, 5) is 35.9. The van der Waals surface area contributed by atoms with Crippen molar-refractivity contribution in [3.63, 3.8) is 0 Å². The lowest BCUT2D eigenvalue weighted by Gasteiger charge is -2.13. The lowest BCUT2D eigenvalue weighted by atomic mass is 10.0. The third-order valence-corrected chi connectivity index (χ3v) is 5.81. The molecule has 5 rings (SSSR count). The van der Waals surface area contributed by atoms with Gasteiger partial charge in [-0.3, -0.25) is 4.79 Å². The van der Waals surface area contributed by atoms with E-state index in [9.17, 15) is 14.0 Å². The molecule has 3 N–H and O–H groups in total. The normalized spacial score (nSPS) is 10.9. The molecule has 1 amide bonds. The average Bonchev–Trinajstić information content (AvgIpc) is 3.30. The van der Waals surface area contributed by atoms with E-state index in [1.807, 2.05) is 25.1 Å². The number of hydrogen-bond donors (Lipinski definition) is 3. The molecular formula is C27H19FN4O3. The highest BCUT2D eigenvalue weighted by Gasteiger charge is 2.16. The molecule has 7 nitrogen and oxygen atoms in total. The molecule has 0 aliphatic rings. The van der Waals surface area contributed by atoms with E-state index in [4.69, 9.17) is 5.11 Å². The highest BCUT2D eigenvalue weighted by molar-refractivity contribution is 6.05. The van der Waals surface area contributed by atoms with Crippen LogP contribution in [0.15, 0.2) is 79.1 Å². The summed E-state index contributed by atoms with van der Waals surface area (Å²) in [6, 6.07) is 19.4. The van der Waals surface area contributed by atoms with E-state index in [1.54, 1.807) is 30.3 Å². The maximum absolute atomic E-state index is 13.2. The summed E-state index contributed by atoms with van der Waals surface area (Å²) in [5.74, 6) is -1.73. The van der Waals surface area contributed by atoms with E-state index in [2.05, 4.69) is 20.3 Å². The molecule has 172 valence electrons. The Morgan fingerprint density at radius 3 is 2.37 bits per heavy atom. The molecule has 8 heteroatoms. The molecule has 0 fully saturated rings. The number of anilines is 1. The Morgan fingerprint density at radius 2 is 1.66 bits per heavy atom. The average molecular weight is 466 g/mol. The van der Waals surface area contributed by atoms with Crippen LogP contribution in [0.1, 0.15) is 26.3 Å². The second-order valence-corrected chi connectivity index (χ2v) is 7.99. The minimum atomic E-state index is -0.983. The van der Waals surface area contributed by atoms with Crippen molar-refractivity contribution in [3.8, 4) is 22.5 Å². The summed E-state index contributed by atoms with van der Waals surface area (Å²) in [5, 5.41) is 12.8. The monoisotopic (exact) mass is 466 g/mol. The number of aromatic amines is 1. The fourth-order valence-corrected chi connectivity index (χ4v) is 3.93. The number of H-pyrrole nitrogens is 1. The molecule has 35 heavy (non-hydrogen) atoms. The van der Waals surface area contributed by atoms with Crippen molar-refractivity contribution in [2.24, 2.45) is 0 Å². The van der Waals surface area contributed by atoms with Crippen LogP contribution in [0.5, 0.6) is 0 Å². The van der Waals surface area contributed by atoms with Gasteiger partial charge in [-0.2, -0.15) is 0 Å². The number of hydrogen-bond acceptors (Lipinski definition) is 4. The first-order valence-electron chi connectivity index (χ1n) is 10.7. The first-order chi connectivity index (χ1) is 16.9. The van der Waals surface area contributed by atoms with Crippen LogP contribution in [0, 0.1) is 12.7 Å². The Kier molecular flexibility index (Phi) is 5.54. The molecule has 0 radical (unpaired) electrons. The Hall–Kier alpha value is -4.85. The van der Waals surface area contributed by atoms with Crippen LogP contribution in [0.25, 0.3) is 33.5 Å². The van der Waals surface area contributed by atoms with Gasteiger partial charge in [0.05, 0.1) is 11.3 Å². The predicted octanol–water partition coefficient (Wildman–Crippen LogP) is 5.69. The van der Waals surface area contributed by atoms with Crippen LogP contribution in [0.3, 0.4) is 0 Å². The van der Waals surface area contributed by atoms with Crippen molar-refractivity contribution in [2.45, 2.75) is 6.92 Å². The van der Waals surface area contributed by atoms with E-state index in [0.717, 1.165) is 27.8 Å². The largest absolute Gasteiger partial charge is 0.478 e. The number of carboxylic acids is 1. The number of nitrogens with zero attached hydrogens (tertiary/aromatic N) is 2. The number of halogens is 1. The minimum absolute atomic E-state index is 0.209. The Balaban J connectivity index is 1.51. The zero-order chi connectivity index (χ0) is 24.5. The van der Waals surface area contributed by atoms with E-state index in [-0.39, 0.29) is 11.5 Å². The number of carbonyl (C=O) groups is 2. The highest BCUT2D eigenvalue weighted by Crippen LogP contribution is 2.34. The summed E-state index contributed by atoms with van der Waals surface area (Å²) in [7, 11) is 0. The predicted molar refractivity (Wildman–Crippen MR) is 131 cm³/mol. The number of aromatic carboxylic acids is 1. The number of carboxylic acid groups (broad SMARTS) is 1. The first kappa shape index (κ1) is 22.0. The van der Waals surface area contributed by atoms with Crippen LogP contribution in [-0.2, 0) is 0 Å². The van der Waals surface area contributed by atoms with Gasteiger partial charge in [0.2, 0.25) is 0 Å². The van der Waals surface area contributed by atoms with Crippen molar-refractivity contribution in [1.82, 2.24) is 15.0 Å². The van der Waals surface area contributed by atoms with E-state index < -0.39 is 11.8 Å². The maximum Gasteiger partial charge on any atom is 0.335 e. The summed E-state index contributed by atoms with van der Waals surface area (Å²) in [5.41, 5.74) is 5.72. The van der Waals surface area contributed by atoms with Crippen LogP contribution < -0.4 is 5.32 Å². The van der Waals surface area contributed by atoms with Crippen molar-refractivity contribution in [1.29, 1.82) is 0 Å². The Bertz CT molecular complexity index is 1580. The summed E-state index contributed by atoms with van der Waals surface area (Å²) < 4.78 is 13.2. The van der Waals surface area contributed by atoms with Crippen molar-refractivity contribution >= 4 is 28.6 Å². The summed E-state index contributed by atoms with van der Waals surface area (Å²) in [6.45, 7) is 1.89. The molecule has 0 saturated heterocycles. The molecule has 0 spiro atoms. The summed E-state index contributed by atoms with van der Waals surface area (Å²) in [6.07, 6.45) is 1.47. The molecule has 0 atom stereocenters. The number of rotatable bonds is 5. The zero-order valence-corrected chi connectivity index (χ0v) is 18.5. The fourth-order valence-electron chi connectivity index (χ4n) is 3.93. The number of carbonyl (C=O) groups excluding carboxylic acids is 1. The second-order valence-electron chi connectivity index (χ2n) is 7.99. The molecule has 0 unspecified atom stereocenters. The molecule has 0 bridgehead atoms. The van der Waals surface area contributed by atoms with Crippen molar-refractivity contribution in [2.75, 3.05) is 5.32 Å². The quantitative estimate of drug-likeness (QED) is 0.308. The van der Waals surface area contributed by atoms with Gasteiger partial charge in [-0.1, -0.05) is 24.3 Å². The number of fused-ring (bicyclic) bond motifs is 1. The molecular weight excluding hydrogens is 447 g/mol. The second kappa shape index (κ2) is 8.83. The van der Waals surface area contributed by atoms with Crippen molar-refractivity contribution in [3.05, 3.63) is 102 Å². The van der Waals surface area contributed by atoms with Gasteiger partial charge < -0.3 is 15.4 Å². The van der Waals surface area contributed by atoms with Crippen molar-refractivity contribution < 1.29 is 19.1 Å². The molecule has 0 aliphatic heterocycles. The van der Waals surface area contributed by atoms with Gasteiger partial charge in [-0.15, -0.1) is 0 Å². The topological polar surface area (TPSA) is 108 Å². The van der Waals surface area contributed by atoms with E-state index in [0.29, 0.717) is 22.6 Å². The summed E-state index contributed by atoms with van der Waals surface area (Å²) >= 11 is 0. The number of aromatic nitrogens is 3. The van der Waals surface area contributed by atoms with E-state index >= 15 is 0 Å². The van der Waals surface area contributed by atoms with Gasteiger partial charge in [-0.25, -0.2) is 19.2 Å². The lowest BCUT2D eigenvalue weighted by molar-refractivity contribution is 0.0696. The molecule has 2 heterocycles. The number of nitrogens with one attached hydrogen (secondary N) is 2. The van der Waals surface area contributed by atoms with Crippen LogP contribution in [0.2, 0.25) is 0 Å². The fraction of sp³-hybridized carbons (Fsp3) is 0.0370. The van der Waals surface area contributed by atoms with Crippen LogP contribution in [-0.4, -0.2) is 31.9 Å². The molecule has 2 aromatic heterocycles. The van der Waals surface area contributed by atoms with Crippen LogP contribution >= 0.6 is 0 Å². The third kappa shape index (κ3) is 4.24. The zero-order valence-electron chi connectivity index (χ0n) is 18.5. The number of amides is 1. The Labute approximate surface area is 199 Å². The first-order valence-corrected chi connectivity index (χ1v) is 10.7.